The van der Waals surface area contributed by atoms with Crippen molar-refractivity contribution in [2.24, 2.45) is 45.3 Å². The summed E-state index contributed by atoms with van der Waals surface area (Å²) in [6.07, 6.45) is -37.4. The first-order valence-corrected chi connectivity index (χ1v) is 31.6. The van der Waals surface area contributed by atoms with Gasteiger partial charge in [0.1, 0.15) is 122 Å². The minimum absolute atomic E-state index is 0.0310. The molecule has 5 saturated heterocycles. The Labute approximate surface area is 517 Å². The molecule has 29 nitrogen and oxygen atoms in total. The SMILES string of the molecule is C[C@H](CCC(O[C@@H]1O[C@H](CO[C@@H]2O[C@H](CO)[C@@H](O)[C@H](O)[C@H]2O)[C@@H](O)[C@H](O)[C@H]1O[C@H]1O[C@@H](CO)[C@H](O)[C@@H](O)[C@@H]1O)C(C)(C)O)[C@H]1CC[C@@]2(C)[C@@H]3CC=C4[C@@H](CC[C@H](O[C@@H]5OC(CO[C@@H]6O[C@H](CO)[C@@H](O)[C@H](O)[C@H]6O)[C@@H](O)[C@H](O)[C@H]5O)C4(C)C)[C@]3(C)[C@H](O)C[C@]12C. The number of rotatable bonds is 20. The molecule has 89 heavy (non-hydrogen) atoms. The Bertz CT molecular complexity index is 2340. The first-order valence-electron chi connectivity index (χ1n) is 31.6. The van der Waals surface area contributed by atoms with Crippen molar-refractivity contribution in [2.75, 3.05) is 33.0 Å². The number of allylic oxidation sites excluding steroid dienone is 1. The van der Waals surface area contributed by atoms with E-state index in [0.717, 1.165) is 18.4 Å². The summed E-state index contributed by atoms with van der Waals surface area (Å²) in [4.78, 5) is 0. The van der Waals surface area contributed by atoms with Crippen LogP contribution in [0.25, 0.3) is 0 Å². The summed E-state index contributed by atoms with van der Waals surface area (Å²) in [7, 11) is 0. The molecule has 0 aromatic heterocycles. The first-order chi connectivity index (χ1) is 41.6. The van der Waals surface area contributed by atoms with E-state index in [-0.39, 0.29) is 35.5 Å². The Balaban J connectivity index is 0.883. The normalized spacial score (nSPS) is 51.8. The molecule has 5 heterocycles. The predicted octanol–water partition coefficient (Wildman–Crippen LogP) is -5.41. The second kappa shape index (κ2) is 27.6. The van der Waals surface area contributed by atoms with Crippen LogP contribution in [-0.2, 0) is 47.4 Å². The fraction of sp³-hybridized carbons (Fsp3) is 0.967. The van der Waals surface area contributed by atoms with E-state index >= 15 is 0 Å². The van der Waals surface area contributed by atoms with Gasteiger partial charge in [0.25, 0.3) is 0 Å². The van der Waals surface area contributed by atoms with Gasteiger partial charge in [-0.2, -0.15) is 0 Å². The van der Waals surface area contributed by atoms with Gasteiger partial charge in [-0.1, -0.05) is 53.2 Å². The zero-order valence-corrected chi connectivity index (χ0v) is 51.8. The van der Waals surface area contributed by atoms with E-state index in [1.54, 1.807) is 0 Å². The highest BCUT2D eigenvalue weighted by Crippen LogP contribution is 2.75. The average molecular weight is 1290 g/mol. The zero-order chi connectivity index (χ0) is 65.5. The van der Waals surface area contributed by atoms with E-state index in [1.807, 2.05) is 13.8 Å². The molecule has 516 valence electrons. The summed E-state index contributed by atoms with van der Waals surface area (Å²) in [5.74, 6) is -0.0172. The first kappa shape index (κ1) is 71.9. The molecule has 0 amide bonds. The largest absolute Gasteiger partial charge is 0.394 e. The molecular formula is C60H102O29. The van der Waals surface area contributed by atoms with Crippen molar-refractivity contribution in [2.45, 2.75) is 284 Å². The standard InChI is InChI=1S/C60H102O29/c1-23(9-13-35(57(4,5)79)88-55-50(89-54-49(78)43(72)38(67)29(20-63)84-54)45(74)40(69)31(86-55)22-81-52-47(76)42(71)37(66)28(19-62)83-52)24-15-16-58(6)32-12-10-25-26(60(32,8)33(64)17-59(24,58)7)11-14-34(56(25,2)3)87-53-48(77)44(73)39(68)30(85-53)21-80-51-46(75)41(70)36(65)27(18-61)82-51/h10,23-24,26-55,61-79H,9,11-22H2,1-8H3/t23-,24-,26-,27-,28-,29+,30?,31-,32+,33-,34+,35?,36-,37-,38+,39-,40-,41+,42+,43-,44+,45+,46-,47-,48-,49+,50-,51-,52-,53+,54-,55+,58+,59-,60+/m1/s1. The third kappa shape index (κ3) is 13.1. The predicted molar refractivity (Wildman–Crippen MR) is 300 cm³/mol. The van der Waals surface area contributed by atoms with Crippen LogP contribution >= 0.6 is 0 Å². The molecule has 0 aromatic carbocycles. The van der Waals surface area contributed by atoms with Crippen LogP contribution in [0.4, 0.5) is 0 Å². The number of aliphatic hydroxyl groups excluding tert-OH is 18. The van der Waals surface area contributed by atoms with Crippen molar-refractivity contribution in [3.63, 3.8) is 0 Å². The molecule has 9 rings (SSSR count). The Hall–Kier alpha value is -1.42. The molecule has 0 bridgehead atoms. The zero-order valence-electron chi connectivity index (χ0n) is 51.8. The number of fused-ring (bicyclic) bond motifs is 5. The lowest BCUT2D eigenvalue weighted by Gasteiger charge is -2.67. The van der Waals surface area contributed by atoms with Crippen LogP contribution in [0.3, 0.4) is 0 Å². The van der Waals surface area contributed by atoms with E-state index in [1.165, 1.54) is 13.8 Å². The molecule has 8 fully saturated rings. The van der Waals surface area contributed by atoms with E-state index in [0.29, 0.717) is 32.1 Å². The van der Waals surface area contributed by atoms with Crippen LogP contribution in [-0.4, -0.2) is 308 Å². The molecule has 5 aliphatic heterocycles. The van der Waals surface area contributed by atoms with Gasteiger partial charge in [0.05, 0.1) is 56.9 Å². The fourth-order valence-corrected chi connectivity index (χ4v) is 17.0. The van der Waals surface area contributed by atoms with Crippen molar-refractivity contribution < 1.29 is 144 Å². The number of ether oxygens (including phenoxy) is 10. The van der Waals surface area contributed by atoms with Crippen LogP contribution < -0.4 is 0 Å². The molecule has 35 atom stereocenters. The Kier molecular flexibility index (Phi) is 22.3. The Morgan fingerprint density at radius 3 is 1.45 bits per heavy atom. The Morgan fingerprint density at radius 1 is 0.517 bits per heavy atom. The fourth-order valence-electron chi connectivity index (χ4n) is 17.0. The van der Waals surface area contributed by atoms with Crippen molar-refractivity contribution in [1.29, 1.82) is 0 Å². The second-order valence-corrected chi connectivity index (χ2v) is 28.7. The van der Waals surface area contributed by atoms with Gasteiger partial charge in [-0.05, 0) is 99.7 Å². The topological polar surface area (TPSA) is 477 Å². The molecule has 0 spiro atoms. The van der Waals surface area contributed by atoms with Gasteiger partial charge in [-0.15, -0.1) is 0 Å². The van der Waals surface area contributed by atoms with Crippen molar-refractivity contribution >= 4 is 0 Å². The summed E-state index contributed by atoms with van der Waals surface area (Å²) in [5, 5.41) is 205. The third-order valence-electron chi connectivity index (χ3n) is 22.9. The molecule has 19 N–H and O–H groups in total. The molecule has 0 radical (unpaired) electrons. The molecule has 29 heteroatoms. The summed E-state index contributed by atoms with van der Waals surface area (Å²) in [6.45, 7) is 12.6. The maximum absolute atomic E-state index is 12.8. The smallest absolute Gasteiger partial charge is 0.187 e. The van der Waals surface area contributed by atoms with Gasteiger partial charge in [-0.3, -0.25) is 0 Å². The molecule has 3 saturated carbocycles. The van der Waals surface area contributed by atoms with Crippen LogP contribution in [0, 0.1) is 45.3 Å². The van der Waals surface area contributed by atoms with Gasteiger partial charge < -0.3 is 144 Å². The van der Waals surface area contributed by atoms with Crippen molar-refractivity contribution in [3.8, 4) is 0 Å². The van der Waals surface area contributed by atoms with Gasteiger partial charge >= 0.3 is 0 Å². The number of aliphatic hydroxyl groups is 19. The Morgan fingerprint density at radius 2 is 0.955 bits per heavy atom. The maximum Gasteiger partial charge on any atom is 0.187 e. The number of hydrogen-bond donors (Lipinski definition) is 19. The van der Waals surface area contributed by atoms with E-state index in [2.05, 4.69) is 33.8 Å². The summed E-state index contributed by atoms with van der Waals surface area (Å²) in [5.41, 5.74) is -2.49. The molecule has 4 aliphatic carbocycles. The molecule has 2 unspecified atom stereocenters. The van der Waals surface area contributed by atoms with E-state index in [9.17, 15) is 97.0 Å². The van der Waals surface area contributed by atoms with Crippen LogP contribution in [0.15, 0.2) is 11.6 Å². The van der Waals surface area contributed by atoms with E-state index < -0.39 is 227 Å². The molecule has 9 aliphatic rings. The highest BCUT2D eigenvalue weighted by atomic mass is 16.8. The van der Waals surface area contributed by atoms with Crippen LogP contribution in [0.1, 0.15) is 107 Å². The second-order valence-electron chi connectivity index (χ2n) is 28.7. The summed E-state index contributed by atoms with van der Waals surface area (Å²) >= 11 is 0. The maximum atomic E-state index is 12.8. The third-order valence-corrected chi connectivity index (χ3v) is 22.9. The van der Waals surface area contributed by atoms with Gasteiger partial charge in [-0.25, -0.2) is 0 Å². The minimum Gasteiger partial charge on any atom is -0.394 e. The van der Waals surface area contributed by atoms with E-state index in [4.69, 9.17) is 47.4 Å². The highest BCUT2D eigenvalue weighted by Gasteiger charge is 2.70. The molecule has 0 aromatic rings. The minimum atomic E-state index is -1.96. The summed E-state index contributed by atoms with van der Waals surface area (Å²) < 4.78 is 59.3. The van der Waals surface area contributed by atoms with Gasteiger partial charge in [0, 0.05) is 10.8 Å². The molecular weight excluding hydrogens is 1180 g/mol. The van der Waals surface area contributed by atoms with Crippen LogP contribution in [0.2, 0.25) is 0 Å². The van der Waals surface area contributed by atoms with Gasteiger partial charge in [0.2, 0.25) is 0 Å². The monoisotopic (exact) mass is 1290 g/mol. The quantitative estimate of drug-likeness (QED) is 0.0506. The lowest BCUT2D eigenvalue weighted by Crippen LogP contribution is -2.65. The summed E-state index contributed by atoms with van der Waals surface area (Å²) in [6, 6.07) is 0. The van der Waals surface area contributed by atoms with Crippen LogP contribution in [0.5, 0.6) is 0 Å². The lowest BCUT2D eigenvalue weighted by atomic mass is 9.38. The van der Waals surface area contributed by atoms with Crippen molar-refractivity contribution in [1.82, 2.24) is 0 Å². The van der Waals surface area contributed by atoms with Crippen molar-refractivity contribution in [3.05, 3.63) is 11.6 Å². The lowest BCUT2D eigenvalue weighted by molar-refractivity contribution is -0.380. The highest BCUT2D eigenvalue weighted by molar-refractivity contribution is 5.32. The number of hydrogen-bond acceptors (Lipinski definition) is 29. The average Bonchev–Trinajstić information content (AvgIpc) is 1.66. The van der Waals surface area contributed by atoms with Gasteiger partial charge in [0.15, 0.2) is 31.5 Å².